The van der Waals surface area contributed by atoms with Crippen LogP contribution in [-0.4, -0.2) is 32.2 Å². The van der Waals surface area contributed by atoms with Crippen LogP contribution >= 0.6 is 34.7 Å². The van der Waals surface area contributed by atoms with Gasteiger partial charge in [0.25, 0.3) is 5.91 Å². The average Bonchev–Trinajstić information content (AvgIpc) is 3.20. The van der Waals surface area contributed by atoms with Gasteiger partial charge in [0.1, 0.15) is 17.2 Å². The summed E-state index contributed by atoms with van der Waals surface area (Å²) < 4.78 is 15.8. The van der Waals surface area contributed by atoms with E-state index in [-0.39, 0.29) is 5.91 Å². The van der Waals surface area contributed by atoms with Gasteiger partial charge in [0.05, 0.1) is 32.6 Å². The predicted octanol–water partition coefficient (Wildman–Crippen LogP) is 5.51. The molecule has 3 rings (SSSR count). The van der Waals surface area contributed by atoms with Gasteiger partial charge in [-0.3, -0.25) is 10.1 Å². The van der Waals surface area contributed by atoms with Crippen LogP contribution in [0.3, 0.4) is 0 Å². The van der Waals surface area contributed by atoms with E-state index in [2.05, 4.69) is 10.3 Å². The van der Waals surface area contributed by atoms with Gasteiger partial charge in [0, 0.05) is 28.0 Å². The number of benzene rings is 2. The van der Waals surface area contributed by atoms with Crippen molar-refractivity contribution in [1.29, 1.82) is 0 Å². The number of thioether (sulfide) groups is 1. The van der Waals surface area contributed by atoms with E-state index < -0.39 is 0 Å². The van der Waals surface area contributed by atoms with Crippen molar-refractivity contribution < 1.29 is 19.0 Å². The van der Waals surface area contributed by atoms with Crippen LogP contribution < -0.4 is 19.5 Å². The Morgan fingerprint density at radius 3 is 2.47 bits per heavy atom. The smallest absolute Gasteiger partial charge is 0.261 e. The van der Waals surface area contributed by atoms with Gasteiger partial charge in [-0.2, -0.15) is 11.8 Å². The van der Waals surface area contributed by atoms with Crippen molar-refractivity contribution in [3.8, 4) is 17.2 Å². The second-order valence-electron chi connectivity index (χ2n) is 6.16. The minimum atomic E-state index is -0.314. The number of amides is 1. The molecule has 0 radical (unpaired) electrons. The molecule has 1 heterocycles. The van der Waals surface area contributed by atoms with Crippen LogP contribution in [0.15, 0.2) is 41.8 Å². The SMILES string of the molecule is COc1cc(CSCc2csc(NC(=O)c3cc(Cl)ccc3OC)n2)cc(OC)c1. The number of hydrogen-bond acceptors (Lipinski definition) is 7. The van der Waals surface area contributed by atoms with Crippen molar-refractivity contribution in [2.75, 3.05) is 26.6 Å². The van der Waals surface area contributed by atoms with E-state index in [0.717, 1.165) is 28.5 Å². The Bertz CT molecular complexity index is 1000. The number of hydrogen-bond donors (Lipinski definition) is 1. The van der Waals surface area contributed by atoms with Crippen molar-refractivity contribution in [3.05, 3.63) is 63.6 Å². The third kappa shape index (κ3) is 5.81. The first-order valence-electron chi connectivity index (χ1n) is 8.91. The Balaban J connectivity index is 1.58. The largest absolute Gasteiger partial charge is 0.497 e. The van der Waals surface area contributed by atoms with Crippen LogP contribution in [0.4, 0.5) is 5.13 Å². The third-order valence-corrected chi connectivity index (χ3v) is 6.19. The Morgan fingerprint density at radius 1 is 1.07 bits per heavy atom. The molecule has 1 N–H and O–H groups in total. The number of carbonyl (C=O) groups excluding carboxylic acids is 1. The first kappa shape index (κ1) is 22.3. The fourth-order valence-corrected chi connectivity index (χ4v) is 4.52. The van der Waals surface area contributed by atoms with Crippen molar-refractivity contribution in [2.24, 2.45) is 0 Å². The van der Waals surface area contributed by atoms with Crippen molar-refractivity contribution >= 4 is 45.7 Å². The van der Waals surface area contributed by atoms with Gasteiger partial charge in [-0.15, -0.1) is 11.3 Å². The Morgan fingerprint density at radius 2 is 1.80 bits per heavy atom. The molecule has 6 nitrogen and oxygen atoms in total. The first-order chi connectivity index (χ1) is 14.5. The zero-order chi connectivity index (χ0) is 21.5. The maximum Gasteiger partial charge on any atom is 0.261 e. The Labute approximate surface area is 188 Å². The lowest BCUT2D eigenvalue weighted by Crippen LogP contribution is -2.13. The summed E-state index contributed by atoms with van der Waals surface area (Å²) in [5.74, 6) is 3.17. The summed E-state index contributed by atoms with van der Waals surface area (Å²) >= 11 is 9.10. The summed E-state index contributed by atoms with van der Waals surface area (Å²) in [5, 5.41) is 5.73. The van der Waals surface area contributed by atoms with E-state index in [0.29, 0.717) is 27.2 Å². The first-order valence-corrected chi connectivity index (χ1v) is 11.3. The number of rotatable bonds is 9. The number of nitrogens with zero attached hydrogens (tertiary/aromatic N) is 1. The lowest BCUT2D eigenvalue weighted by atomic mass is 10.2. The van der Waals surface area contributed by atoms with Crippen LogP contribution in [0.5, 0.6) is 17.2 Å². The normalized spacial score (nSPS) is 10.5. The number of ether oxygens (including phenoxy) is 3. The second kappa shape index (κ2) is 10.6. The highest BCUT2D eigenvalue weighted by Crippen LogP contribution is 2.28. The molecule has 3 aromatic rings. The highest BCUT2D eigenvalue weighted by molar-refractivity contribution is 7.97. The molecule has 0 saturated carbocycles. The van der Waals surface area contributed by atoms with Crippen LogP contribution in [0.25, 0.3) is 0 Å². The molecule has 1 aromatic heterocycles. The molecule has 0 fully saturated rings. The number of aromatic nitrogens is 1. The summed E-state index contributed by atoms with van der Waals surface area (Å²) in [4.78, 5) is 17.1. The number of nitrogens with one attached hydrogen (secondary N) is 1. The quantitative estimate of drug-likeness (QED) is 0.450. The highest BCUT2D eigenvalue weighted by atomic mass is 35.5. The maximum atomic E-state index is 12.6. The molecule has 0 aliphatic rings. The molecule has 9 heteroatoms. The minimum absolute atomic E-state index is 0.314. The number of halogens is 1. The molecule has 0 aliphatic carbocycles. The summed E-state index contributed by atoms with van der Waals surface area (Å²) in [6.07, 6.45) is 0. The molecule has 0 unspecified atom stereocenters. The standard InChI is InChI=1S/C21H21ClN2O4S2/c1-26-16-6-13(7-17(9-16)27-2)10-29-11-15-12-30-21(23-15)24-20(25)18-8-14(22)4-5-19(18)28-3/h4-9,12H,10-11H2,1-3H3,(H,23,24,25). The van der Waals surface area contributed by atoms with E-state index in [1.165, 1.54) is 18.4 Å². The molecule has 2 aromatic carbocycles. The number of anilines is 1. The van der Waals surface area contributed by atoms with Gasteiger partial charge >= 0.3 is 0 Å². The molecule has 30 heavy (non-hydrogen) atoms. The average molecular weight is 465 g/mol. The zero-order valence-corrected chi connectivity index (χ0v) is 19.1. The number of thiazole rings is 1. The fraction of sp³-hybridized carbons (Fsp3) is 0.238. The highest BCUT2D eigenvalue weighted by Gasteiger charge is 2.15. The molecule has 0 atom stereocenters. The number of methoxy groups -OCH3 is 3. The van der Waals surface area contributed by atoms with Gasteiger partial charge in [0.15, 0.2) is 5.13 Å². The van der Waals surface area contributed by atoms with Crippen molar-refractivity contribution in [3.63, 3.8) is 0 Å². The van der Waals surface area contributed by atoms with Crippen LogP contribution in [-0.2, 0) is 11.5 Å². The molecule has 0 saturated heterocycles. The predicted molar refractivity (Wildman–Crippen MR) is 123 cm³/mol. The lowest BCUT2D eigenvalue weighted by Gasteiger charge is -2.08. The summed E-state index contributed by atoms with van der Waals surface area (Å²) in [7, 11) is 4.78. The summed E-state index contributed by atoms with van der Waals surface area (Å²) in [6, 6.07) is 10.7. The second-order valence-corrected chi connectivity index (χ2v) is 8.44. The monoisotopic (exact) mass is 464 g/mol. The molecular weight excluding hydrogens is 444 g/mol. The molecule has 0 bridgehead atoms. The fourth-order valence-electron chi connectivity index (χ4n) is 2.68. The van der Waals surface area contributed by atoms with Crippen molar-refractivity contribution in [2.45, 2.75) is 11.5 Å². The van der Waals surface area contributed by atoms with E-state index in [1.54, 1.807) is 44.2 Å². The van der Waals surface area contributed by atoms with Gasteiger partial charge in [-0.05, 0) is 35.9 Å². The third-order valence-electron chi connectivity index (χ3n) is 4.11. The Hall–Kier alpha value is -2.42. The van der Waals surface area contributed by atoms with Gasteiger partial charge < -0.3 is 14.2 Å². The molecule has 1 amide bonds. The van der Waals surface area contributed by atoms with E-state index >= 15 is 0 Å². The minimum Gasteiger partial charge on any atom is -0.497 e. The van der Waals surface area contributed by atoms with E-state index in [9.17, 15) is 4.79 Å². The van der Waals surface area contributed by atoms with Crippen molar-refractivity contribution in [1.82, 2.24) is 4.98 Å². The van der Waals surface area contributed by atoms with E-state index in [1.807, 2.05) is 23.6 Å². The van der Waals surface area contributed by atoms with E-state index in [4.69, 9.17) is 25.8 Å². The summed E-state index contributed by atoms with van der Waals surface area (Å²) in [6.45, 7) is 0. The molecule has 158 valence electrons. The van der Waals surface area contributed by atoms with Gasteiger partial charge in [-0.1, -0.05) is 11.6 Å². The molecule has 0 aliphatic heterocycles. The van der Waals surface area contributed by atoms with Crippen LogP contribution in [0.1, 0.15) is 21.6 Å². The topological polar surface area (TPSA) is 69.7 Å². The maximum absolute atomic E-state index is 12.6. The lowest BCUT2D eigenvalue weighted by molar-refractivity contribution is 0.102. The zero-order valence-electron chi connectivity index (χ0n) is 16.7. The summed E-state index contributed by atoms with van der Waals surface area (Å²) in [5.41, 5.74) is 2.37. The molecule has 0 spiro atoms. The van der Waals surface area contributed by atoms with Gasteiger partial charge in [0.2, 0.25) is 0 Å². The number of carbonyl (C=O) groups is 1. The Kier molecular flexibility index (Phi) is 7.84. The van der Waals surface area contributed by atoms with Gasteiger partial charge in [-0.25, -0.2) is 4.98 Å². The van der Waals surface area contributed by atoms with Crippen LogP contribution in [0.2, 0.25) is 5.02 Å². The molecular formula is C21H21ClN2O4S2. The van der Waals surface area contributed by atoms with Crippen LogP contribution in [0, 0.1) is 0 Å².